The largest absolute Gasteiger partial charge is 0.383 e. The Hall–Kier alpha value is -2.48. The molecule has 2 aromatic rings. The molecule has 0 bridgehead atoms. The van der Waals surface area contributed by atoms with Crippen LogP contribution < -0.4 is 5.69 Å². The van der Waals surface area contributed by atoms with Crippen molar-refractivity contribution >= 4 is 5.91 Å². The summed E-state index contributed by atoms with van der Waals surface area (Å²) in [4.78, 5) is 26.9. The number of likely N-dealkylation sites (tertiary alicyclic amines) is 1. The van der Waals surface area contributed by atoms with Gasteiger partial charge in [0.05, 0.1) is 19.6 Å². The van der Waals surface area contributed by atoms with Gasteiger partial charge in [-0.25, -0.2) is 13.9 Å². The van der Waals surface area contributed by atoms with Crippen LogP contribution in [0.15, 0.2) is 29.1 Å². The zero-order valence-electron chi connectivity index (χ0n) is 16.4. The minimum Gasteiger partial charge on any atom is -0.383 e. The quantitative estimate of drug-likeness (QED) is 0.723. The molecule has 3 rings (SSSR count). The van der Waals surface area contributed by atoms with Gasteiger partial charge in [0.1, 0.15) is 11.6 Å². The van der Waals surface area contributed by atoms with Gasteiger partial charge in [0.15, 0.2) is 0 Å². The smallest absolute Gasteiger partial charge is 0.345 e. The van der Waals surface area contributed by atoms with Crippen molar-refractivity contribution < 1.29 is 13.9 Å². The first-order chi connectivity index (χ1) is 13.5. The van der Waals surface area contributed by atoms with E-state index in [2.05, 4.69) is 5.10 Å². The van der Waals surface area contributed by atoms with Gasteiger partial charge < -0.3 is 9.64 Å². The lowest BCUT2D eigenvalue weighted by Crippen LogP contribution is -2.39. The van der Waals surface area contributed by atoms with Gasteiger partial charge in [-0.1, -0.05) is 12.1 Å². The maximum Gasteiger partial charge on any atom is 0.345 e. The van der Waals surface area contributed by atoms with E-state index in [1.165, 1.54) is 16.8 Å². The van der Waals surface area contributed by atoms with Gasteiger partial charge >= 0.3 is 5.69 Å². The molecule has 8 heteroatoms. The van der Waals surface area contributed by atoms with Crippen LogP contribution in [-0.2, 0) is 29.0 Å². The number of aromatic nitrogens is 3. The number of hydrogen-bond donors (Lipinski definition) is 0. The number of piperidine rings is 1. The van der Waals surface area contributed by atoms with Crippen molar-refractivity contribution in [1.29, 1.82) is 0 Å². The molecule has 1 aromatic carbocycles. The van der Waals surface area contributed by atoms with E-state index in [1.807, 2.05) is 11.8 Å². The predicted octanol–water partition coefficient (Wildman–Crippen LogP) is 1.80. The summed E-state index contributed by atoms with van der Waals surface area (Å²) in [6, 6.07) is 6.04. The number of carbonyl (C=O) groups excluding carboxylic acids is 1. The number of benzene rings is 1. The zero-order valence-corrected chi connectivity index (χ0v) is 16.4. The highest BCUT2D eigenvalue weighted by molar-refractivity contribution is 5.78. The molecule has 28 heavy (non-hydrogen) atoms. The van der Waals surface area contributed by atoms with E-state index in [1.54, 1.807) is 23.8 Å². The van der Waals surface area contributed by atoms with Crippen molar-refractivity contribution in [3.8, 4) is 0 Å². The van der Waals surface area contributed by atoms with Crippen molar-refractivity contribution in [2.45, 2.75) is 45.2 Å². The fourth-order valence-corrected chi connectivity index (χ4v) is 3.66. The average molecular weight is 390 g/mol. The van der Waals surface area contributed by atoms with Crippen molar-refractivity contribution in [1.82, 2.24) is 19.2 Å². The number of nitrogens with zero attached hydrogens (tertiary/aromatic N) is 4. The molecular weight excluding hydrogens is 363 g/mol. The molecule has 152 valence electrons. The molecule has 0 unspecified atom stereocenters. The summed E-state index contributed by atoms with van der Waals surface area (Å²) in [7, 11) is 1.60. The number of carbonyl (C=O) groups is 1. The van der Waals surface area contributed by atoms with Crippen LogP contribution in [0.1, 0.15) is 37.1 Å². The zero-order chi connectivity index (χ0) is 20.1. The molecule has 1 saturated heterocycles. The Bertz CT molecular complexity index is 851. The molecule has 0 N–H and O–H groups in total. The van der Waals surface area contributed by atoms with Gasteiger partial charge in [-0.3, -0.25) is 9.36 Å². The van der Waals surface area contributed by atoms with E-state index in [0.717, 1.165) is 24.2 Å². The van der Waals surface area contributed by atoms with Crippen LogP contribution in [0.3, 0.4) is 0 Å². The van der Waals surface area contributed by atoms with Crippen molar-refractivity contribution in [2.24, 2.45) is 0 Å². The number of rotatable bonds is 7. The van der Waals surface area contributed by atoms with Gasteiger partial charge in [0.25, 0.3) is 0 Å². The van der Waals surface area contributed by atoms with Crippen molar-refractivity contribution in [2.75, 3.05) is 26.8 Å². The van der Waals surface area contributed by atoms with E-state index in [4.69, 9.17) is 4.74 Å². The summed E-state index contributed by atoms with van der Waals surface area (Å²) in [5.41, 5.74) is 0.703. The molecule has 0 saturated carbocycles. The summed E-state index contributed by atoms with van der Waals surface area (Å²) < 4.78 is 21.2. The third-order valence-electron chi connectivity index (χ3n) is 5.26. The molecule has 1 aromatic heterocycles. The van der Waals surface area contributed by atoms with Gasteiger partial charge in [-0.2, -0.15) is 5.10 Å². The van der Waals surface area contributed by atoms with Crippen LogP contribution in [0, 0.1) is 5.82 Å². The molecule has 0 aliphatic carbocycles. The van der Waals surface area contributed by atoms with Gasteiger partial charge in [-0.05, 0) is 37.5 Å². The van der Waals surface area contributed by atoms with E-state index in [-0.39, 0.29) is 29.8 Å². The molecule has 1 amide bonds. The molecule has 1 aliphatic rings. The van der Waals surface area contributed by atoms with Crippen LogP contribution in [-0.4, -0.2) is 52.0 Å². The summed E-state index contributed by atoms with van der Waals surface area (Å²) in [6.45, 7) is 4.65. The highest BCUT2D eigenvalue weighted by atomic mass is 19.1. The molecule has 1 fully saturated rings. The third-order valence-corrected chi connectivity index (χ3v) is 5.26. The summed E-state index contributed by atoms with van der Waals surface area (Å²) in [5, 5.41) is 4.54. The topological polar surface area (TPSA) is 69.4 Å². The van der Waals surface area contributed by atoms with Gasteiger partial charge in [0, 0.05) is 32.7 Å². The fraction of sp³-hybridized carbons (Fsp3) is 0.550. The van der Waals surface area contributed by atoms with Crippen LogP contribution >= 0.6 is 0 Å². The molecular formula is C20H27FN4O3. The van der Waals surface area contributed by atoms with E-state index >= 15 is 0 Å². The average Bonchev–Trinajstić information content (AvgIpc) is 3.03. The summed E-state index contributed by atoms with van der Waals surface area (Å²) >= 11 is 0. The second kappa shape index (κ2) is 9.14. The highest BCUT2D eigenvalue weighted by Gasteiger charge is 2.28. The van der Waals surface area contributed by atoms with E-state index < -0.39 is 0 Å². The van der Waals surface area contributed by atoms with Crippen LogP contribution in [0.5, 0.6) is 0 Å². The Labute approximate surface area is 163 Å². The number of methoxy groups -OCH3 is 1. The normalized spacial score (nSPS) is 15.2. The van der Waals surface area contributed by atoms with Crippen LogP contribution in [0.25, 0.3) is 0 Å². The Morgan fingerprint density at radius 3 is 2.54 bits per heavy atom. The van der Waals surface area contributed by atoms with Gasteiger partial charge in [0.2, 0.25) is 5.91 Å². The minimum absolute atomic E-state index is 0.0450. The number of ether oxygens (including phenoxy) is 1. The molecule has 2 heterocycles. The minimum atomic E-state index is -0.302. The Balaban J connectivity index is 1.62. The number of halogens is 1. The second-order valence-corrected chi connectivity index (χ2v) is 7.06. The maximum absolute atomic E-state index is 13.0. The number of amides is 1. The molecule has 0 atom stereocenters. The first kappa shape index (κ1) is 20.3. The monoisotopic (exact) mass is 390 g/mol. The predicted molar refractivity (Wildman–Crippen MR) is 103 cm³/mol. The van der Waals surface area contributed by atoms with E-state index in [0.29, 0.717) is 32.8 Å². The van der Waals surface area contributed by atoms with Crippen molar-refractivity contribution in [3.05, 3.63) is 52.0 Å². The lowest BCUT2D eigenvalue weighted by atomic mass is 9.95. The SMILES string of the molecule is CCn1c(C2CCN(C(=O)Cc3ccc(F)cc3)CC2)nn(CCOC)c1=O. The molecule has 0 radical (unpaired) electrons. The number of hydrogen-bond acceptors (Lipinski definition) is 4. The Morgan fingerprint density at radius 2 is 1.93 bits per heavy atom. The summed E-state index contributed by atoms with van der Waals surface area (Å²) in [6.07, 6.45) is 1.82. The molecule has 0 spiro atoms. The Kier molecular flexibility index (Phi) is 6.61. The van der Waals surface area contributed by atoms with Gasteiger partial charge in [-0.15, -0.1) is 0 Å². The lowest BCUT2D eigenvalue weighted by molar-refractivity contribution is -0.131. The lowest BCUT2D eigenvalue weighted by Gasteiger charge is -2.31. The fourth-order valence-electron chi connectivity index (χ4n) is 3.66. The molecule has 1 aliphatic heterocycles. The summed E-state index contributed by atoms with van der Waals surface area (Å²) in [5.74, 6) is 0.702. The Morgan fingerprint density at radius 1 is 1.25 bits per heavy atom. The van der Waals surface area contributed by atoms with Crippen LogP contribution in [0.2, 0.25) is 0 Å². The first-order valence-electron chi connectivity index (χ1n) is 9.72. The van der Waals surface area contributed by atoms with Crippen LogP contribution in [0.4, 0.5) is 4.39 Å². The van der Waals surface area contributed by atoms with Crippen molar-refractivity contribution in [3.63, 3.8) is 0 Å². The standard InChI is InChI=1S/C20H27FN4O3/c1-3-24-19(22-25(20(24)27)12-13-28-2)16-8-10-23(11-9-16)18(26)14-15-4-6-17(21)7-5-15/h4-7,16H,3,8-14H2,1-2H3. The maximum atomic E-state index is 13.0. The highest BCUT2D eigenvalue weighted by Crippen LogP contribution is 2.26. The van der Waals surface area contributed by atoms with E-state index in [9.17, 15) is 14.0 Å². The second-order valence-electron chi connectivity index (χ2n) is 7.06. The first-order valence-corrected chi connectivity index (χ1v) is 9.72. The molecule has 7 nitrogen and oxygen atoms in total. The third kappa shape index (κ3) is 4.49.